The summed E-state index contributed by atoms with van der Waals surface area (Å²) in [6.45, 7) is 1.94. The molecule has 6 nitrogen and oxygen atoms in total. The largest absolute Gasteiger partial charge is 0.481 e. The van der Waals surface area contributed by atoms with Crippen molar-refractivity contribution in [2.75, 3.05) is 12.4 Å². The van der Waals surface area contributed by atoms with Crippen molar-refractivity contribution in [3.05, 3.63) is 76.0 Å². The Morgan fingerprint density at radius 3 is 2.73 bits per heavy atom. The third kappa shape index (κ3) is 3.43. The molecule has 3 N–H and O–H groups in total. The van der Waals surface area contributed by atoms with Gasteiger partial charge in [0.1, 0.15) is 5.70 Å². The molecule has 3 rings (SSSR count). The van der Waals surface area contributed by atoms with Gasteiger partial charge in [-0.05, 0) is 51.7 Å². The molecule has 1 aromatic carbocycles. The van der Waals surface area contributed by atoms with Gasteiger partial charge in [0.15, 0.2) is 6.04 Å². The molecular formula is C19H18BrN3O3. The van der Waals surface area contributed by atoms with Crippen molar-refractivity contribution in [3.8, 4) is 0 Å². The third-order valence-electron chi connectivity index (χ3n) is 4.11. The number of nitrogens with one attached hydrogen (secondary N) is 2. The number of rotatable bonds is 4. The summed E-state index contributed by atoms with van der Waals surface area (Å²) in [5.41, 5.74) is 3.73. The molecule has 7 heteroatoms. The summed E-state index contributed by atoms with van der Waals surface area (Å²) in [7, 11) is 1.52. The van der Waals surface area contributed by atoms with Gasteiger partial charge >= 0.3 is 5.97 Å². The van der Waals surface area contributed by atoms with Crippen molar-refractivity contribution in [2.24, 2.45) is 0 Å². The Labute approximate surface area is 159 Å². The summed E-state index contributed by atoms with van der Waals surface area (Å²) < 4.78 is 6.24. The molecule has 1 aliphatic heterocycles. The average molecular weight is 416 g/mol. The zero-order chi connectivity index (χ0) is 18.7. The van der Waals surface area contributed by atoms with E-state index in [0.29, 0.717) is 17.1 Å². The Morgan fingerprint density at radius 1 is 1.31 bits per heavy atom. The first-order valence-electron chi connectivity index (χ1n) is 7.93. The van der Waals surface area contributed by atoms with E-state index in [9.17, 15) is 9.90 Å². The number of fused-ring (bicyclic) bond motifs is 1. The van der Waals surface area contributed by atoms with Gasteiger partial charge in [-0.3, -0.25) is 4.98 Å². The standard InChI is InChI=1S/C19H18BrN3O3/c1-11-13-7-3-4-8-14(13)16(19(24)25)23-17(15(11)20)18(26-2)22-12-6-5-9-21-10-12/h3-10,16,22-23H,1-2H3,(H,24,25)/b18-17+. The van der Waals surface area contributed by atoms with Crippen molar-refractivity contribution in [2.45, 2.75) is 13.0 Å². The van der Waals surface area contributed by atoms with Gasteiger partial charge in [0, 0.05) is 10.7 Å². The van der Waals surface area contributed by atoms with Crippen LogP contribution in [0, 0.1) is 0 Å². The topological polar surface area (TPSA) is 83.5 Å². The summed E-state index contributed by atoms with van der Waals surface area (Å²) in [6, 6.07) is 10.2. The van der Waals surface area contributed by atoms with Gasteiger partial charge in [-0.15, -0.1) is 0 Å². The number of ether oxygens (including phenoxy) is 1. The van der Waals surface area contributed by atoms with Crippen LogP contribution in [0.4, 0.5) is 5.69 Å². The lowest BCUT2D eigenvalue weighted by Gasteiger charge is -2.20. The highest BCUT2D eigenvalue weighted by atomic mass is 79.9. The van der Waals surface area contributed by atoms with Crippen molar-refractivity contribution in [1.82, 2.24) is 10.3 Å². The maximum Gasteiger partial charge on any atom is 0.330 e. The minimum absolute atomic E-state index is 0.392. The summed E-state index contributed by atoms with van der Waals surface area (Å²) >= 11 is 3.60. The Kier molecular flexibility index (Phi) is 5.27. The lowest BCUT2D eigenvalue weighted by atomic mass is 9.97. The van der Waals surface area contributed by atoms with E-state index in [0.717, 1.165) is 21.3 Å². The van der Waals surface area contributed by atoms with Crippen molar-refractivity contribution >= 4 is 33.2 Å². The number of benzene rings is 1. The number of allylic oxidation sites excluding steroid dienone is 2. The quantitative estimate of drug-likeness (QED) is 0.657. The predicted octanol–water partition coefficient (Wildman–Crippen LogP) is 3.86. The van der Waals surface area contributed by atoms with Gasteiger partial charge in [-0.1, -0.05) is 24.3 Å². The Bertz CT molecular complexity index is 894. The van der Waals surface area contributed by atoms with Gasteiger partial charge in [0.05, 0.1) is 19.0 Å². The van der Waals surface area contributed by atoms with E-state index in [4.69, 9.17) is 4.74 Å². The minimum Gasteiger partial charge on any atom is -0.481 e. The van der Waals surface area contributed by atoms with Gasteiger partial charge in [-0.25, -0.2) is 4.79 Å². The number of carboxylic acids is 1. The second-order valence-electron chi connectivity index (χ2n) is 5.72. The zero-order valence-corrected chi connectivity index (χ0v) is 15.9. The van der Waals surface area contributed by atoms with Crippen molar-refractivity contribution in [3.63, 3.8) is 0 Å². The maximum atomic E-state index is 11.9. The number of hydrogen-bond acceptors (Lipinski definition) is 5. The number of carboxylic acid groups (broad SMARTS) is 1. The van der Waals surface area contributed by atoms with E-state index in [1.807, 2.05) is 37.3 Å². The first kappa shape index (κ1) is 18.0. The smallest absolute Gasteiger partial charge is 0.330 e. The number of pyridine rings is 1. The Morgan fingerprint density at radius 2 is 2.08 bits per heavy atom. The van der Waals surface area contributed by atoms with E-state index in [-0.39, 0.29) is 0 Å². The van der Waals surface area contributed by atoms with E-state index in [2.05, 4.69) is 31.5 Å². The minimum atomic E-state index is -0.971. The molecule has 1 aliphatic rings. The number of aromatic nitrogens is 1. The SMILES string of the molecule is CO/C(Nc1cccnc1)=C1/NC(C(=O)O)c2ccccc2C(C)=C1Br. The molecular weight excluding hydrogens is 398 g/mol. The Hall–Kier alpha value is -2.80. The van der Waals surface area contributed by atoms with E-state index >= 15 is 0 Å². The maximum absolute atomic E-state index is 11.9. The number of carbonyl (C=O) groups is 1. The van der Waals surface area contributed by atoms with Gasteiger partial charge in [0.2, 0.25) is 5.88 Å². The number of aliphatic carboxylic acids is 1. The number of hydrogen-bond donors (Lipinski definition) is 3. The van der Waals surface area contributed by atoms with Crippen LogP contribution in [0.1, 0.15) is 24.1 Å². The summed E-state index contributed by atoms with van der Waals surface area (Å²) in [5, 5.41) is 16.0. The van der Waals surface area contributed by atoms with Crippen LogP contribution >= 0.6 is 15.9 Å². The molecule has 134 valence electrons. The van der Waals surface area contributed by atoms with Gasteiger partial charge in [0.25, 0.3) is 0 Å². The van der Waals surface area contributed by atoms with E-state index in [1.165, 1.54) is 7.11 Å². The van der Waals surface area contributed by atoms with Crippen LogP contribution < -0.4 is 10.6 Å². The van der Waals surface area contributed by atoms with Crippen molar-refractivity contribution < 1.29 is 14.6 Å². The molecule has 0 fully saturated rings. The molecule has 1 atom stereocenters. The molecule has 0 amide bonds. The lowest BCUT2D eigenvalue weighted by Crippen LogP contribution is -2.29. The highest BCUT2D eigenvalue weighted by molar-refractivity contribution is 9.12. The van der Waals surface area contributed by atoms with E-state index < -0.39 is 12.0 Å². The van der Waals surface area contributed by atoms with Crippen LogP contribution in [0.5, 0.6) is 0 Å². The summed E-state index contributed by atoms with van der Waals surface area (Å²) in [4.78, 5) is 16.0. The fourth-order valence-corrected chi connectivity index (χ4v) is 3.33. The van der Waals surface area contributed by atoms with Crippen LogP contribution in [-0.4, -0.2) is 23.2 Å². The second kappa shape index (κ2) is 7.61. The van der Waals surface area contributed by atoms with Gasteiger partial charge in [-0.2, -0.15) is 0 Å². The van der Waals surface area contributed by atoms with Crippen LogP contribution in [0.2, 0.25) is 0 Å². The highest BCUT2D eigenvalue weighted by Gasteiger charge is 2.30. The molecule has 2 aromatic rings. The predicted molar refractivity (Wildman–Crippen MR) is 103 cm³/mol. The van der Waals surface area contributed by atoms with Crippen LogP contribution in [0.15, 0.2) is 64.9 Å². The number of nitrogens with zero attached hydrogens (tertiary/aromatic N) is 1. The number of halogens is 1. The fourth-order valence-electron chi connectivity index (χ4n) is 2.82. The normalized spacial score (nSPS) is 18.3. The van der Waals surface area contributed by atoms with E-state index in [1.54, 1.807) is 18.5 Å². The Balaban J connectivity index is 2.15. The highest BCUT2D eigenvalue weighted by Crippen LogP contribution is 2.37. The molecule has 2 heterocycles. The van der Waals surface area contributed by atoms with Crippen LogP contribution in [-0.2, 0) is 9.53 Å². The second-order valence-corrected chi connectivity index (χ2v) is 6.51. The molecule has 0 saturated heterocycles. The first-order valence-corrected chi connectivity index (χ1v) is 8.73. The molecule has 0 spiro atoms. The van der Waals surface area contributed by atoms with Crippen molar-refractivity contribution in [1.29, 1.82) is 0 Å². The molecule has 0 aliphatic carbocycles. The molecule has 1 unspecified atom stereocenters. The van der Waals surface area contributed by atoms with Crippen LogP contribution in [0.3, 0.4) is 0 Å². The molecule has 26 heavy (non-hydrogen) atoms. The molecule has 0 bridgehead atoms. The van der Waals surface area contributed by atoms with Crippen LogP contribution in [0.25, 0.3) is 5.57 Å². The van der Waals surface area contributed by atoms with Gasteiger partial charge < -0.3 is 20.5 Å². The first-order chi connectivity index (χ1) is 12.5. The number of methoxy groups -OCH3 is 1. The lowest BCUT2D eigenvalue weighted by molar-refractivity contribution is -0.139. The number of anilines is 1. The third-order valence-corrected chi connectivity index (χ3v) is 5.10. The molecule has 0 radical (unpaired) electrons. The summed E-state index contributed by atoms with van der Waals surface area (Å²) in [5.74, 6) is -0.579. The monoisotopic (exact) mass is 415 g/mol. The molecule has 0 saturated carbocycles. The molecule has 1 aromatic heterocycles. The fraction of sp³-hybridized carbons (Fsp3) is 0.158. The summed E-state index contributed by atoms with van der Waals surface area (Å²) in [6.07, 6.45) is 3.33. The zero-order valence-electron chi connectivity index (χ0n) is 14.3. The average Bonchev–Trinajstić information content (AvgIpc) is 2.77.